The van der Waals surface area contributed by atoms with E-state index in [0.29, 0.717) is 17.0 Å². The second-order valence-electron chi connectivity index (χ2n) is 3.58. The molecule has 0 atom stereocenters. The van der Waals surface area contributed by atoms with Crippen molar-refractivity contribution < 1.29 is 14.3 Å². The van der Waals surface area contributed by atoms with Crippen molar-refractivity contribution in [2.24, 2.45) is 0 Å². The van der Waals surface area contributed by atoms with Gasteiger partial charge in [-0.2, -0.15) is 0 Å². The summed E-state index contributed by atoms with van der Waals surface area (Å²) in [5.41, 5.74) is 6.78. The van der Waals surface area contributed by atoms with Crippen LogP contribution in [0.25, 0.3) is 10.8 Å². The Labute approximate surface area is 98.9 Å². The predicted octanol–water partition coefficient (Wildman–Crippen LogP) is 2.22. The second-order valence-corrected chi connectivity index (χ2v) is 3.58. The van der Waals surface area contributed by atoms with Crippen LogP contribution in [0.5, 0.6) is 5.75 Å². The van der Waals surface area contributed by atoms with Gasteiger partial charge in [0.2, 0.25) is 0 Å². The van der Waals surface area contributed by atoms with E-state index in [1.54, 1.807) is 6.07 Å². The normalized spacial score (nSPS) is 10.2. The van der Waals surface area contributed by atoms with Crippen molar-refractivity contribution >= 4 is 22.4 Å². The molecule has 0 aliphatic rings. The lowest BCUT2D eigenvalue weighted by Gasteiger charge is -2.12. The first-order chi connectivity index (χ1) is 8.19. The van der Waals surface area contributed by atoms with E-state index >= 15 is 0 Å². The molecule has 0 aliphatic carbocycles. The summed E-state index contributed by atoms with van der Waals surface area (Å²) in [4.78, 5) is 11.6. The molecule has 2 rings (SSSR count). The molecule has 4 nitrogen and oxygen atoms in total. The minimum atomic E-state index is -0.459. The van der Waals surface area contributed by atoms with Crippen molar-refractivity contribution in [2.75, 3.05) is 20.0 Å². The maximum absolute atomic E-state index is 11.6. The third-order valence-electron chi connectivity index (χ3n) is 2.65. The molecule has 0 heterocycles. The zero-order valence-electron chi connectivity index (χ0n) is 9.69. The first-order valence-electron chi connectivity index (χ1n) is 5.12. The summed E-state index contributed by atoms with van der Waals surface area (Å²) in [6.45, 7) is 0. The van der Waals surface area contributed by atoms with Crippen LogP contribution in [0.4, 0.5) is 5.69 Å². The summed E-state index contributed by atoms with van der Waals surface area (Å²) in [5, 5.41) is 1.74. The van der Waals surface area contributed by atoms with Gasteiger partial charge in [0, 0.05) is 5.39 Å². The number of methoxy groups -OCH3 is 2. The Hall–Kier alpha value is -2.23. The number of esters is 1. The summed E-state index contributed by atoms with van der Waals surface area (Å²) in [7, 11) is 2.81. The lowest BCUT2D eigenvalue weighted by atomic mass is 10.0. The Kier molecular flexibility index (Phi) is 2.87. The summed E-state index contributed by atoms with van der Waals surface area (Å²) in [5.74, 6) is -0.102. The van der Waals surface area contributed by atoms with E-state index in [2.05, 4.69) is 0 Å². The van der Waals surface area contributed by atoms with Crippen molar-refractivity contribution in [1.29, 1.82) is 0 Å². The van der Waals surface area contributed by atoms with Crippen molar-refractivity contribution in [1.82, 2.24) is 0 Å². The quantitative estimate of drug-likeness (QED) is 0.636. The van der Waals surface area contributed by atoms with Gasteiger partial charge in [0.25, 0.3) is 0 Å². The molecule has 0 amide bonds. The van der Waals surface area contributed by atoms with E-state index in [1.165, 1.54) is 14.2 Å². The molecule has 0 spiro atoms. The maximum Gasteiger partial charge on any atom is 0.341 e. The van der Waals surface area contributed by atoms with Gasteiger partial charge in [-0.1, -0.05) is 24.3 Å². The van der Waals surface area contributed by atoms with E-state index < -0.39 is 5.97 Å². The van der Waals surface area contributed by atoms with Crippen molar-refractivity contribution in [3.63, 3.8) is 0 Å². The Morgan fingerprint density at radius 2 is 1.94 bits per heavy atom. The fourth-order valence-corrected chi connectivity index (χ4v) is 1.84. The molecule has 17 heavy (non-hydrogen) atoms. The molecule has 0 bridgehead atoms. The van der Waals surface area contributed by atoms with Crippen LogP contribution >= 0.6 is 0 Å². The molecule has 0 aliphatic heterocycles. The van der Waals surface area contributed by atoms with Crippen LogP contribution in [0, 0.1) is 0 Å². The van der Waals surface area contributed by atoms with Gasteiger partial charge in [-0.05, 0) is 11.5 Å². The van der Waals surface area contributed by atoms with Crippen LogP contribution in [-0.4, -0.2) is 20.2 Å². The van der Waals surface area contributed by atoms with Gasteiger partial charge in [-0.3, -0.25) is 0 Å². The van der Waals surface area contributed by atoms with Gasteiger partial charge in [-0.25, -0.2) is 4.79 Å². The first-order valence-corrected chi connectivity index (χ1v) is 5.12. The molecular weight excluding hydrogens is 218 g/mol. The molecule has 4 heteroatoms. The SMILES string of the molecule is COC(=O)c1cc2ccccc2c(N)c1OC. The highest BCUT2D eigenvalue weighted by molar-refractivity contribution is 6.05. The minimum absolute atomic E-state index is 0.339. The Morgan fingerprint density at radius 3 is 2.59 bits per heavy atom. The first kappa shape index (κ1) is 11.3. The van der Waals surface area contributed by atoms with E-state index in [1.807, 2.05) is 24.3 Å². The highest BCUT2D eigenvalue weighted by atomic mass is 16.5. The molecule has 0 saturated carbocycles. The number of hydrogen-bond donors (Lipinski definition) is 1. The number of hydrogen-bond acceptors (Lipinski definition) is 4. The monoisotopic (exact) mass is 231 g/mol. The average Bonchev–Trinajstić information content (AvgIpc) is 2.37. The molecule has 0 unspecified atom stereocenters. The van der Waals surface area contributed by atoms with Gasteiger partial charge < -0.3 is 15.2 Å². The Morgan fingerprint density at radius 1 is 1.24 bits per heavy atom. The number of anilines is 1. The number of carbonyl (C=O) groups is 1. The molecule has 88 valence electrons. The number of fused-ring (bicyclic) bond motifs is 1. The summed E-state index contributed by atoms with van der Waals surface area (Å²) < 4.78 is 9.89. The highest BCUT2D eigenvalue weighted by Gasteiger charge is 2.17. The van der Waals surface area contributed by atoms with Crippen LogP contribution in [0.15, 0.2) is 30.3 Å². The standard InChI is InChI=1S/C13H13NO3/c1-16-12-10(13(15)17-2)7-8-5-3-4-6-9(8)11(12)14/h3-7H,14H2,1-2H3. The van der Waals surface area contributed by atoms with Gasteiger partial charge in [0.05, 0.1) is 19.9 Å². The second kappa shape index (κ2) is 4.33. The van der Waals surface area contributed by atoms with Gasteiger partial charge in [0.15, 0.2) is 5.75 Å². The zero-order chi connectivity index (χ0) is 12.4. The fourth-order valence-electron chi connectivity index (χ4n) is 1.84. The number of rotatable bonds is 2. The smallest absolute Gasteiger partial charge is 0.341 e. The zero-order valence-corrected chi connectivity index (χ0v) is 9.69. The molecule has 2 aromatic rings. The van der Waals surface area contributed by atoms with Crippen LogP contribution in [0.1, 0.15) is 10.4 Å². The molecule has 2 N–H and O–H groups in total. The van der Waals surface area contributed by atoms with Crippen LogP contribution in [0.3, 0.4) is 0 Å². The number of nitrogen functional groups attached to an aromatic ring is 1. The van der Waals surface area contributed by atoms with Crippen LogP contribution in [0.2, 0.25) is 0 Å². The number of benzene rings is 2. The third kappa shape index (κ3) is 1.78. The predicted molar refractivity (Wildman–Crippen MR) is 66.3 cm³/mol. The fraction of sp³-hybridized carbons (Fsp3) is 0.154. The van der Waals surface area contributed by atoms with Crippen molar-refractivity contribution in [3.8, 4) is 5.75 Å². The highest BCUT2D eigenvalue weighted by Crippen LogP contribution is 2.34. The van der Waals surface area contributed by atoms with Crippen molar-refractivity contribution in [3.05, 3.63) is 35.9 Å². The minimum Gasteiger partial charge on any atom is -0.494 e. The number of nitrogens with two attached hydrogens (primary N) is 1. The van der Waals surface area contributed by atoms with Crippen LogP contribution < -0.4 is 10.5 Å². The Bertz CT molecular complexity index is 578. The molecule has 0 radical (unpaired) electrons. The van der Waals surface area contributed by atoms with E-state index in [-0.39, 0.29) is 0 Å². The van der Waals surface area contributed by atoms with E-state index in [4.69, 9.17) is 15.2 Å². The summed E-state index contributed by atoms with van der Waals surface area (Å²) >= 11 is 0. The topological polar surface area (TPSA) is 61.5 Å². The van der Waals surface area contributed by atoms with E-state index in [0.717, 1.165) is 10.8 Å². The Balaban J connectivity index is 2.79. The number of carbonyl (C=O) groups excluding carboxylic acids is 1. The third-order valence-corrected chi connectivity index (χ3v) is 2.65. The van der Waals surface area contributed by atoms with Gasteiger partial charge in [-0.15, -0.1) is 0 Å². The molecule has 0 fully saturated rings. The largest absolute Gasteiger partial charge is 0.494 e. The molecule has 0 saturated heterocycles. The molecule has 0 aromatic heterocycles. The summed E-state index contributed by atoms with van der Waals surface area (Å²) in [6, 6.07) is 9.26. The van der Waals surface area contributed by atoms with Crippen LogP contribution in [-0.2, 0) is 4.74 Å². The lowest BCUT2D eigenvalue weighted by molar-refractivity contribution is 0.0597. The van der Waals surface area contributed by atoms with Gasteiger partial charge in [0.1, 0.15) is 5.56 Å². The van der Waals surface area contributed by atoms with Gasteiger partial charge >= 0.3 is 5.97 Å². The van der Waals surface area contributed by atoms with E-state index in [9.17, 15) is 4.79 Å². The lowest BCUT2D eigenvalue weighted by Crippen LogP contribution is -2.06. The average molecular weight is 231 g/mol. The maximum atomic E-state index is 11.6. The summed E-state index contributed by atoms with van der Waals surface area (Å²) in [6.07, 6.45) is 0. The molecular formula is C13H13NO3. The molecule has 2 aromatic carbocycles. The van der Waals surface area contributed by atoms with Crippen molar-refractivity contribution in [2.45, 2.75) is 0 Å². The number of ether oxygens (including phenoxy) is 2.